The molecule has 2 aliphatic heterocycles. The van der Waals surface area contributed by atoms with Crippen molar-refractivity contribution in [1.82, 2.24) is 15.2 Å². The van der Waals surface area contributed by atoms with Crippen molar-refractivity contribution in [1.29, 1.82) is 5.41 Å². The molecule has 0 spiro atoms. The van der Waals surface area contributed by atoms with Crippen molar-refractivity contribution in [2.75, 3.05) is 38.1 Å². The number of pyridine rings is 1. The first-order chi connectivity index (χ1) is 12.6. The quantitative estimate of drug-likeness (QED) is 0.387. The fourth-order valence-corrected chi connectivity index (χ4v) is 3.48. The van der Waals surface area contributed by atoms with E-state index >= 15 is 0 Å². The van der Waals surface area contributed by atoms with Crippen LogP contribution in [0.25, 0.3) is 11.6 Å². The van der Waals surface area contributed by atoms with Crippen molar-refractivity contribution < 1.29 is 5.11 Å². The Hall–Kier alpha value is -1.89. The van der Waals surface area contributed by atoms with Crippen LogP contribution in [0, 0.1) is 5.41 Å². The molecule has 26 heavy (non-hydrogen) atoms. The highest BCUT2D eigenvalue weighted by molar-refractivity contribution is 6.23. The van der Waals surface area contributed by atoms with Gasteiger partial charge in [0.15, 0.2) is 0 Å². The molecule has 0 saturated carbocycles. The van der Waals surface area contributed by atoms with E-state index in [-0.39, 0.29) is 5.50 Å². The number of likely N-dealkylation sites (tertiary alicyclic amines) is 1. The third kappa shape index (κ3) is 4.44. The number of allylic oxidation sites excluding steroid dienone is 1. The van der Waals surface area contributed by atoms with Gasteiger partial charge in [-0.25, -0.2) is 0 Å². The molecule has 1 fully saturated rings. The van der Waals surface area contributed by atoms with Gasteiger partial charge in [-0.15, -0.1) is 0 Å². The summed E-state index contributed by atoms with van der Waals surface area (Å²) in [7, 11) is 1.92. The van der Waals surface area contributed by atoms with Crippen LogP contribution in [0.15, 0.2) is 24.5 Å². The summed E-state index contributed by atoms with van der Waals surface area (Å²) >= 11 is 6.26. The summed E-state index contributed by atoms with van der Waals surface area (Å²) in [5, 5.41) is 21.0. The first-order valence-corrected chi connectivity index (χ1v) is 9.42. The highest BCUT2D eigenvalue weighted by Crippen LogP contribution is 2.29. The molecule has 0 radical (unpaired) electrons. The van der Waals surface area contributed by atoms with Crippen LogP contribution in [0.3, 0.4) is 0 Å². The van der Waals surface area contributed by atoms with Crippen molar-refractivity contribution in [2.24, 2.45) is 0 Å². The maximum atomic E-state index is 10.2. The maximum absolute atomic E-state index is 10.2. The Morgan fingerprint density at radius 3 is 3.00 bits per heavy atom. The molecule has 2 atom stereocenters. The molecule has 140 valence electrons. The zero-order valence-electron chi connectivity index (χ0n) is 15.0. The van der Waals surface area contributed by atoms with Crippen molar-refractivity contribution in [2.45, 2.75) is 24.4 Å². The second kappa shape index (κ2) is 8.66. The van der Waals surface area contributed by atoms with Gasteiger partial charge in [0.1, 0.15) is 5.50 Å². The van der Waals surface area contributed by atoms with E-state index in [1.807, 2.05) is 30.2 Å². The summed E-state index contributed by atoms with van der Waals surface area (Å²) in [4.78, 5) is 8.70. The minimum Gasteiger partial charge on any atom is -0.390 e. The Kier molecular flexibility index (Phi) is 6.29. The molecule has 3 N–H and O–H groups in total. The van der Waals surface area contributed by atoms with Crippen LogP contribution in [-0.2, 0) is 0 Å². The number of anilines is 1. The van der Waals surface area contributed by atoms with Crippen LogP contribution in [-0.4, -0.2) is 66.0 Å². The molecule has 7 heteroatoms. The van der Waals surface area contributed by atoms with Crippen molar-refractivity contribution >= 4 is 35.2 Å². The number of nitrogens with zero attached hydrogens (tertiary/aromatic N) is 3. The number of fused-ring (bicyclic) bond motifs is 1. The number of aliphatic hydroxyl groups is 1. The summed E-state index contributed by atoms with van der Waals surface area (Å²) < 4.78 is 0. The first-order valence-electron chi connectivity index (χ1n) is 8.98. The topological polar surface area (TPSA) is 75.5 Å². The zero-order chi connectivity index (χ0) is 18.5. The average Bonchev–Trinajstić information content (AvgIpc) is 3.15. The summed E-state index contributed by atoms with van der Waals surface area (Å²) in [6.45, 7) is 3.29. The van der Waals surface area contributed by atoms with E-state index in [4.69, 9.17) is 17.0 Å². The fraction of sp³-hybridized carbons (Fsp3) is 0.474. The predicted octanol–water partition coefficient (Wildman–Crippen LogP) is 2.15. The second-order valence-corrected chi connectivity index (χ2v) is 7.23. The standard InChI is InChI=1S/C19H26ClN5O/c1-24-18-8-14(11-23-17(18)4-5-19(24)20)15(9-21)10-22-12-16(26)13-25-6-2-3-7-25/h4-5,8-11,16,19,21-22,26H,2-3,6-7,12-13H2,1H3/b15-10+,21-9?. The van der Waals surface area contributed by atoms with Gasteiger partial charge in [0.2, 0.25) is 0 Å². The van der Waals surface area contributed by atoms with E-state index in [9.17, 15) is 5.11 Å². The van der Waals surface area contributed by atoms with Gasteiger partial charge in [-0.2, -0.15) is 0 Å². The van der Waals surface area contributed by atoms with E-state index < -0.39 is 6.10 Å². The average molecular weight is 376 g/mol. The SMILES string of the molecule is CN1c2cc(/C(C=N)=C/NCC(O)CN3CCCC3)cnc2C=CC1Cl. The number of rotatable bonds is 7. The van der Waals surface area contributed by atoms with Gasteiger partial charge >= 0.3 is 0 Å². The Morgan fingerprint density at radius 1 is 1.50 bits per heavy atom. The molecule has 1 aromatic heterocycles. The van der Waals surface area contributed by atoms with Crippen LogP contribution < -0.4 is 10.2 Å². The lowest BCUT2D eigenvalue weighted by molar-refractivity contribution is 0.127. The smallest absolute Gasteiger partial charge is 0.123 e. The molecule has 1 saturated heterocycles. The fourth-order valence-electron chi connectivity index (χ4n) is 3.31. The minimum atomic E-state index is -0.425. The highest BCUT2D eigenvalue weighted by atomic mass is 35.5. The molecule has 1 aromatic rings. The largest absolute Gasteiger partial charge is 0.390 e. The minimum absolute atomic E-state index is 0.203. The van der Waals surface area contributed by atoms with Crippen molar-refractivity contribution in [3.05, 3.63) is 35.8 Å². The Morgan fingerprint density at radius 2 is 2.27 bits per heavy atom. The van der Waals surface area contributed by atoms with Crippen molar-refractivity contribution in [3.63, 3.8) is 0 Å². The molecular formula is C19H26ClN5O. The number of aromatic nitrogens is 1. The lowest BCUT2D eigenvalue weighted by atomic mass is 10.1. The Labute approximate surface area is 159 Å². The van der Waals surface area contributed by atoms with E-state index in [2.05, 4.69) is 15.2 Å². The molecule has 0 aliphatic carbocycles. The highest BCUT2D eigenvalue weighted by Gasteiger charge is 2.19. The molecule has 2 unspecified atom stereocenters. The normalized spacial score (nSPS) is 21.6. The molecule has 0 bridgehead atoms. The molecule has 3 heterocycles. The van der Waals surface area contributed by atoms with Crippen LogP contribution in [0.4, 0.5) is 5.69 Å². The number of nitrogens with one attached hydrogen (secondary N) is 2. The summed E-state index contributed by atoms with van der Waals surface area (Å²) in [6, 6.07) is 1.99. The number of halogens is 1. The predicted molar refractivity (Wildman–Crippen MR) is 108 cm³/mol. The third-order valence-electron chi connectivity index (χ3n) is 4.83. The van der Waals surface area contributed by atoms with Crippen molar-refractivity contribution in [3.8, 4) is 0 Å². The Bertz CT molecular complexity index is 699. The van der Waals surface area contributed by atoms with Crippen LogP contribution in [0.2, 0.25) is 0 Å². The van der Waals surface area contributed by atoms with Gasteiger partial charge in [-0.3, -0.25) is 4.98 Å². The van der Waals surface area contributed by atoms with E-state index in [1.54, 1.807) is 12.4 Å². The third-order valence-corrected chi connectivity index (χ3v) is 5.27. The van der Waals surface area contributed by atoms with Gasteiger partial charge in [0.25, 0.3) is 0 Å². The Balaban J connectivity index is 1.64. The van der Waals surface area contributed by atoms with E-state index in [0.717, 1.165) is 30.0 Å². The molecule has 0 amide bonds. The summed E-state index contributed by atoms with van der Waals surface area (Å²) in [6.07, 6.45) is 10.6. The van der Waals surface area contributed by atoms with Gasteiger partial charge in [0, 0.05) is 49.9 Å². The van der Waals surface area contributed by atoms with Gasteiger partial charge in [-0.05, 0) is 44.1 Å². The molecule has 3 rings (SSSR count). The summed E-state index contributed by atoms with van der Waals surface area (Å²) in [5.74, 6) is 0. The number of β-amino-alcohol motifs (C(OH)–C–C–N with tert-alkyl or cyclic N) is 1. The number of aliphatic hydroxyl groups excluding tert-OH is 1. The monoisotopic (exact) mass is 375 g/mol. The van der Waals surface area contributed by atoms with E-state index in [0.29, 0.717) is 18.7 Å². The number of hydrogen-bond donors (Lipinski definition) is 3. The van der Waals surface area contributed by atoms with Crippen LogP contribution in [0.1, 0.15) is 24.1 Å². The second-order valence-electron chi connectivity index (χ2n) is 6.78. The lowest BCUT2D eigenvalue weighted by Gasteiger charge is -2.28. The molecule has 0 aromatic carbocycles. The van der Waals surface area contributed by atoms with Gasteiger partial charge in [-0.1, -0.05) is 11.6 Å². The lowest BCUT2D eigenvalue weighted by Crippen LogP contribution is -2.35. The number of likely N-dealkylation sites (N-methyl/N-ethyl adjacent to an activating group) is 1. The maximum Gasteiger partial charge on any atom is 0.123 e. The number of hydrogen-bond acceptors (Lipinski definition) is 6. The molecular weight excluding hydrogens is 350 g/mol. The zero-order valence-corrected chi connectivity index (χ0v) is 15.8. The van der Waals surface area contributed by atoms with E-state index in [1.165, 1.54) is 19.1 Å². The van der Waals surface area contributed by atoms with Crippen LogP contribution in [0.5, 0.6) is 0 Å². The number of alkyl halides is 1. The van der Waals surface area contributed by atoms with Crippen LogP contribution >= 0.6 is 11.6 Å². The summed E-state index contributed by atoms with van der Waals surface area (Å²) in [5.41, 5.74) is 3.15. The molecule has 6 nitrogen and oxygen atoms in total. The van der Waals surface area contributed by atoms with Gasteiger partial charge < -0.3 is 25.6 Å². The molecule has 2 aliphatic rings. The first kappa shape index (κ1) is 18.9. The van der Waals surface area contributed by atoms with Gasteiger partial charge in [0.05, 0.1) is 17.5 Å².